The van der Waals surface area contributed by atoms with Crippen molar-refractivity contribution in [2.24, 2.45) is 4.99 Å². The van der Waals surface area contributed by atoms with Crippen molar-refractivity contribution < 1.29 is 9.18 Å². The van der Waals surface area contributed by atoms with Gasteiger partial charge in [0.1, 0.15) is 5.82 Å². The second-order valence-electron chi connectivity index (χ2n) is 5.29. The van der Waals surface area contributed by atoms with Crippen LogP contribution in [0.2, 0.25) is 0 Å². The predicted molar refractivity (Wildman–Crippen MR) is 93.1 cm³/mol. The third-order valence-electron chi connectivity index (χ3n) is 3.42. The molecule has 116 valence electrons. The van der Waals surface area contributed by atoms with Crippen LogP contribution in [0.4, 0.5) is 10.1 Å². The van der Waals surface area contributed by atoms with Crippen molar-refractivity contribution in [1.82, 2.24) is 5.32 Å². The Kier molecular flexibility index (Phi) is 4.30. The van der Waals surface area contributed by atoms with Gasteiger partial charge in [-0.1, -0.05) is 35.9 Å². The summed E-state index contributed by atoms with van der Waals surface area (Å²) < 4.78 is 13.7. The van der Waals surface area contributed by atoms with E-state index in [9.17, 15) is 9.18 Å². The zero-order valence-electron chi connectivity index (χ0n) is 12.8. The van der Waals surface area contributed by atoms with Crippen LogP contribution >= 0.6 is 11.8 Å². The molecule has 1 N–H and O–H groups in total. The van der Waals surface area contributed by atoms with Gasteiger partial charge < -0.3 is 5.32 Å². The number of nitrogens with zero attached hydrogens (tertiary/aromatic N) is 1. The summed E-state index contributed by atoms with van der Waals surface area (Å²) in [5.41, 5.74) is 3.40. The van der Waals surface area contributed by atoms with Crippen LogP contribution in [0, 0.1) is 19.7 Å². The van der Waals surface area contributed by atoms with E-state index in [2.05, 4.69) is 10.3 Å². The Balaban J connectivity index is 1.88. The Hall–Kier alpha value is -2.40. The van der Waals surface area contributed by atoms with Crippen LogP contribution < -0.4 is 5.32 Å². The number of rotatable bonds is 2. The van der Waals surface area contributed by atoms with Crippen molar-refractivity contribution in [2.75, 3.05) is 0 Å². The van der Waals surface area contributed by atoms with Crippen molar-refractivity contribution in [1.29, 1.82) is 0 Å². The predicted octanol–water partition coefficient (Wildman–Crippen LogP) is 4.33. The van der Waals surface area contributed by atoms with Gasteiger partial charge in [0.15, 0.2) is 5.17 Å². The summed E-state index contributed by atoms with van der Waals surface area (Å²) in [6.07, 6.45) is 1.54. The molecule has 0 bridgehead atoms. The third kappa shape index (κ3) is 3.51. The number of aliphatic imine (C=N–C) groups is 1. The van der Waals surface area contributed by atoms with Gasteiger partial charge in [0, 0.05) is 5.56 Å². The summed E-state index contributed by atoms with van der Waals surface area (Å²) in [6.45, 7) is 4.00. The molecule has 2 aromatic rings. The highest BCUT2D eigenvalue weighted by atomic mass is 32.2. The Labute approximate surface area is 138 Å². The number of aryl methyl sites for hydroxylation is 2. The van der Waals surface area contributed by atoms with E-state index in [1.165, 1.54) is 17.8 Å². The van der Waals surface area contributed by atoms with E-state index >= 15 is 0 Å². The molecule has 1 heterocycles. The SMILES string of the molecule is Cc1ccc(N=C2NC(=O)C(=Cc3ccccc3F)S2)c(C)c1. The summed E-state index contributed by atoms with van der Waals surface area (Å²) in [5, 5.41) is 3.22. The molecule has 5 heteroatoms. The molecule has 0 unspecified atom stereocenters. The van der Waals surface area contributed by atoms with E-state index in [0.717, 1.165) is 16.8 Å². The highest BCUT2D eigenvalue weighted by molar-refractivity contribution is 8.18. The number of hydrogen-bond donors (Lipinski definition) is 1. The van der Waals surface area contributed by atoms with Crippen LogP contribution in [0.1, 0.15) is 16.7 Å². The minimum absolute atomic E-state index is 0.262. The second-order valence-corrected chi connectivity index (χ2v) is 6.32. The lowest BCUT2D eigenvalue weighted by molar-refractivity contribution is -0.115. The Morgan fingerprint density at radius 2 is 1.96 bits per heavy atom. The lowest BCUT2D eigenvalue weighted by Gasteiger charge is -2.02. The molecule has 1 aliphatic rings. The van der Waals surface area contributed by atoms with E-state index in [4.69, 9.17) is 0 Å². The van der Waals surface area contributed by atoms with E-state index in [1.54, 1.807) is 24.3 Å². The Morgan fingerprint density at radius 1 is 1.17 bits per heavy atom. The average molecular weight is 326 g/mol. The summed E-state index contributed by atoms with van der Waals surface area (Å²) in [4.78, 5) is 16.9. The van der Waals surface area contributed by atoms with Crippen molar-refractivity contribution in [3.05, 3.63) is 69.9 Å². The fourth-order valence-corrected chi connectivity index (χ4v) is 3.08. The lowest BCUT2D eigenvalue weighted by Crippen LogP contribution is -2.19. The molecule has 3 nitrogen and oxygen atoms in total. The van der Waals surface area contributed by atoms with E-state index in [1.807, 2.05) is 32.0 Å². The third-order valence-corrected chi connectivity index (χ3v) is 4.33. The minimum atomic E-state index is -0.354. The number of amides is 1. The van der Waals surface area contributed by atoms with Gasteiger partial charge in [-0.2, -0.15) is 0 Å². The number of nitrogens with one attached hydrogen (secondary N) is 1. The Morgan fingerprint density at radius 3 is 2.70 bits per heavy atom. The molecule has 23 heavy (non-hydrogen) atoms. The standard InChI is InChI=1S/C18H15FN2OS/c1-11-7-8-15(12(2)9-11)20-18-21-17(22)16(23-18)10-13-5-3-4-6-14(13)19/h3-10H,1-2H3,(H,20,21,22). The Bertz CT molecular complexity index is 843. The summed E-state index contributed by atoms with van der Waals surface area (Å²) in [6, 6.07) is 12.3. The molecular weight excluding hydrogens is 311 g/mol. The van der Waals surface area contributed by atoms with Crippen molar-refractivity contribution >= 4 is 34.6 Å². The van der Waals surface area contributed by atoms with Crippen molar-refractivity contribution in [3.63, 3.8) is 0 Å². The summed E-state index contributed by atoms with van der Waals surface area (Å²) >= 11 is 1.21. The molecular formula is C18H15FN2OS. The fraction of sp³-hybridized carbons (Fsp3) is 0.111. The molecule has 0 radical (unpaired) electrons. The number of hydrogen-bond acceptors (Lipinski definition) is 3. The van der Waals surface area contributed by atoms with Gasteiger partial charge in [-0.25, -0.2) is 9.38 Å². The first kappa shape index (κ1) is 15.5. The van der Waals surface area contributed by atoms with Crippen LogP contribution in [0.5, 0.6) is 0 Å². The zero-order chi connectivity index (χ0) is 16.4. The van der Waals surface area contributed by atoms with Gasteiger partial charge in [0.25, 0.3) is 5.91 Å². The van der Waals surface area contributed by atoms with Gasteiger partial charge in [0.2, 0.25) is 0 Å². The molecule has 0 atom stereocenters. The number of amidine groups is 1. The summed E-state index contributed by atoms with van der Waals surface area (Å²) in [5.74, 6) is -0.616. The smallest absolute Gasteiger partial charge is 0.264 e. The molecule has 1 fully saturated rings. The average Bonchev–Trinajstić information content (AvgIpc) is 2.84. The zero-order valence-corrected chi connectivity index (χ0v) is 13.6. The topological polar surface area (TPSA) is 41.5 Å². The first-order chi connectivity index (χ1) is 11.0. The van der Waals surface area contributed by atoms with Gasteiger partial charge in [0.05, 0.1) is 10.6 Å². The maximum atomic E-state index is 13.7. The van der Waals surface area contributed by atoms with Gasteiger partial charge in [-0.3, -0.25) is 4.79 Å². The number of benzene rings is 2. The van der Waals surface area contributed by atoms with Crippen LogP contribution in [0.25, 0.3) is 6.08 Å². The lowest BCUT2D eigenvalue weighted by atomic mass is 10.1. The molecule has 1 saturated heterocycles. The normalized spacial score (nSPS) is 17.8. The van der Waals surface area contributed by atoms with Gasteiger partial charge in [-0.05, 0) is 49.4 Å². The molecule has 0 aromatic heterocycles. The molecule has 0 aliphatic carbocycles. The van der Waals surface area contributed by atoms with Crippen LogP contribution in [-0.4, -0.2) is 11.1 Å². The van der Waals surface area contributed by atoms with Gasteiger partial charge in [-0.15, -0.1) is 0 Å². The largest absolute Gasteiger partial charge is 0.300 e. The molecule has 0 spiro atoms. The minimum Gasteiger partial charge on any atom is -0.300 e. The number of carbonyl (C=O) groups excluding carboxylic acids is 1. The first-order valence-corrected chi connectivity index (χ1v) is 7.96. The fourth-order valence-electron chi connectivity index (χ4n) is 2.25. The molecule has 2 aromatic carbocycles. The molecule has 1 aliphatic heterocycles. The van der Waals surface area contributed by atoms with Crippen LogP contribution in [0.3, 0.4) is 0 Å². The number of carbonyl (C=O) groups is 1. The van der Waals surface area contributed by atoms with E-state index < -0.39 is 0 Å². The van der Waals surface area contributed by atoms with Crippen LogP contribution in [0.15, 0.2) is 52.4 Å². The van der Waals surface area contributed by atoms with E-state index in [-0.39, 0.29) is 11.7 Å². The maximum absolute atomic E-state index is 13.7. The molecule has 0 saturated carbocycles. The maximum Gasteiger partial charge on any atom is 0.264 e. The highest BCUT2D eigenvalue weighted by Gasteiger charge is 2.24. The monoisotopic (exact) mass is 326 g/mol. The van der Waals surface area contributed by atoms with Crippen molar-refractivity contribution in [2.45, 2.75) is 13.8 Å². The second kappa shape index (κ2) is 6.38. The van der Waals surface area contributed by atoms with E-state index in [0.29, 0.717) is 15.6 Å². The van der Waals surface area contributed by atoms with Crippen LogP contribution in [-0.2, 0) is 4.79 Å². The van der Waals surface area contributed by atoms with Crippen molar-refractivity contribution in [3.8, 4) is 0 Å². The molecule has 1 amide bonds. The number of thioether (sulfide) groups is 1. The molecule has 3 rings (SSSR count). The quantitative estimate of drug-likeness (QED) is 0.834. The summed E-state index contributed by atoms with van der Waals surface area (Å²) in [7, 11) is 0. The number of halogens is 1. The highest BCUT2D eigenvalue weighted by Crippen LogP contribution is 2.29. The first-order valence-electron chi connectivity index (χ1n) is 7.14. The van der Waals surface area contributed by atoms with Gasteiger partial charge >= 0.3 is 0 Å².